The van der Waals surface area contributed by atoms with Crippen LogP contribution < -0.4 is 5.32 Å². The lowest BCUT2D eigenvalue weighted by Crippen LogP contribution is -2.28. The van der Waals surface area contributed by atoms with E-state index in [1.54, 1.807) is 0 Å². The number of hydrogen-bond donors (Lipinski definition) is 1. The highest BCUT2D eigenvalue weighted by Crippen LogP contribution is 2.36. The van der Waals surface area contributed by atoms with E-state index in [4.69, 9.17) is 0 Å². The third-order valence-electron chi connectivity index (χ3n) is 3.09. The van der Waals surface area contributed by atoms with E-state index >= 15 is 0 Å². The molecule has 1 aliphatic carbocycles. The zero-order valence-electron chi connectivity index (χ0n) is 9.55. The number of halogens is 1. The number of hydrogen-bond acceptors (Lipinski definition) is 2. The SMILES string of the molecule is Cc1cc(C(=O)NCC(C)C2CC2)sc1Br. The summed E-state index contributed by atoms with van der Waals surface area (Å²) in [4.78, 5) is 12.6. The van der Waals surface area contributed by atoms with Gasteiger partial charge >= 0.3 is 0 Å². The van der Waals surface area contributed by atoms with Gasteiger partial charge < -0.3 is 5.32 Å². The van der Waals surface area contributed by atoms with Crippen molar-refractivity contribution in [2.75, 3.05) is 6.54 Å². The van der Waals surface area contributed by atoms with E-state index in [9.17, 15) is 4.79 Å². The van der Waals surface area contributed by atoms with Crippen LogP contribution in [0.2, 0.25) is 0 Å². The molecule has 1 fully saturated rings. The molecule has 1 aliphatic rings. The molecule has 0 bridgehead atoms. The molecule has 1 unspecified atom stereocenters. The second-order valence-electron chi connectivity index (χ2n) is 4.59. The van der Waals surface area contributed by atoms with Crippen LogP contribution in [0.1, 0.15) is 35.0 Å². The molecule has 0 saturated heterocycles. The van der Waals surface area contributed by atoms with Gasteiger partial charge in [0.2, 0.25) is 0 Å². The Balaban J connectivity index is 1.87. The molecule has 0 aliphatic heterocycles. The number of carbonyl (C=O) groups excluding carboxylic acids is 1. The third-order valence-corrected chi connectivity index (χ3v) is 5.23. The van der Waals surface area contributed by atoms with Gasteiger partial charge in [0.25, 0.3) is 5.91 Å². The Morgan fingerprint density at radius 1 is 1.69 bits per heavy atom. The molecule has 1 saturated carbocycles. The number of aryl methyl sites for hydroxylation is 1. The molecular weight excluding hydrogens is 286 g/mol. The van der Waals surface area contributed by atoms with Crippen molar-refractivity contribution in [3.8, 4) is 0 Å². The molecule has 0 radical (unpaired) electrons. The standard InChI is InChI=1S/C12H16BrNOS/c1-7-5-10(16-11(7)13)12(15)14-6-8(2)9-3-4-9/h5,8-9H,3-4,6H2,1-2H3,(H,14,15). The lowest BCUT2D eigenvalue weighted by Gasteiger charge is -2.10. The molecule has 4 heteroatoms. The van der Waals surface area contributed by atoms with Crippen LogP contribution >= 0.6 is 27.3 Å². The first-order chi connectivity index (χ1) is 7.58. The van der Waals surface area contributed by atoms with Crippen LogP contribution in [0.5, 0.6) is 0 Å². The second kappa shape index (κ2) is 4.88. The van der Waals surface area contributed by atoms with Crippen molar-refractivity contribution in [1.82, 2.24) is 5.32 Å². The van der Waals surface area contributed by atoms with Gasteiger partial charge in [-0.3, -0.25) is 4.79 Å². The molecule has 88 valence electrons. The number of rotatable bonds is 4. The predicted octanol–water partition coefficient (Wildman–Crippen LogP) is 3.59. The summed E-state index contributed by atoms with van der Waals surface area (Å²) in [6, 6.07) is 1.94. The lowest BCUT2D eigenvalue weighted by molar-refractivity contribution is 0.0950. The van der Waals surface area contributed by atoms with E-state index in [0.717, 1.165) is 26.7 Å². The summed E-state index contributed by atoms with van der Waals surface area (Å²) in [6.07, 6.45) is 2.67. The highest BCUT2D eigenvalue weighted by atomic mass is 79.9. The van der Waals surface area contributed by atoms with Crippen LogP contribution in [0.25, 0.3) is 0 Å². The van der Waals surface area contributed by atoms with Crippen LogP contribution in [-0.4, -0.2) is 12.5 Å². The maximum atomic E-state index is 11.8. The fourth-order valence-corrected chi connectivity index (χ4v) is 3.20. The van der Waals surface area contributed by atoms with Gasteiger partial charge in [0.1, 0.15) is 0 Å². The van der Waals surface area contributed by atoms with Crippen LogP contribution in [0.3, 0.4) is 0 Å². The summed E-state index contributed by atoms with van der Waals surface area (Å²) < 4.78 is 1.05. The molecule has 1 aromatic rings. The van der Waals surface area contributed by atoms with Crippen molar-refractivity contribution in [3.63, 3.8) is 0 Å². The molecule has 0 aromatic carbocycles. The summed E-state index contributed by atoms with van der Waals surface area (Å²) in [5.74, 6) is 1.52. The smallest absolute Gasteiger partial charge is 0.261 e. The van der Waals surface area contributed by atoms with Gasteiger partial charge in [-0.2, -0.15) is 0 Å². The summed E-state index contributed by atoms with van der Waals surface area (Å²) in [5, 5.41) is 3.01. The number of amides is 1. The molecule has 2 rings (SSSR count). The summed E-state index contributed by atoms with van der Waals surface area (Å²) in [5.41, 5.74) is 1.13. The maximum absolute atomic E-state index is 11.8. The lowest BCUT2D eigenvalue weighted by atomic mass is 10.1. The Bertz CT molecular complexity index is 378. The van der Waals surface area contributed by atoms with Crippen LogP contribution in [0.15, 0.2) is 9.85 Å². The van der Waals surface area contributed by atoms with Crippen LogP contribution in [0, 0.1) is 18.8 Å². The van der Waals surface area contributed by atoms with Gasteiger partial charge in [0.05, 0.1) is 8.66 Å². The Kier molecular flexibility index (Phi) is 3.70. The Labute approximate surface area is 109 Å². The van der Waals surface area contributed by atoms with Gasteiger partial charge in [0, 0.05) is 6.54 Å². The van der Waals surface area contributed by atoms with Gasteiger partial charge in [-0.05, 0) is 59.2 Å². The van der Waals surface area contributed by atoms with Gasteiger partial charge in [-0.1, -0.05) is 6.92 Å². The van der Waals surface area contributed by atoms with Gasteiger partial charge in [-0.15, -0.1) is 11.3 Å². The first-order valence-corrected chi connectivity index (χ1v) is 7.23. The molecule has 1 N–H and O–H groups in total. The van der Waals surface area contributed by atoms with Crippen LogP contribution in [-0.2, 0) is 0 Å². The third kappa shape index (κ3) is 2.86. The molecule has 2 nitrogen and oxygen atoms in total. The quantitative estimate of drug-likeness (QED) is 0.904. The zero-order chi connectivity index (χ0) is 11.7. The largest absolute Gasteiger partial charge is 0.351 e. The van der Waals surface area contributed by atoms with E-state index < -0.39 is 0 Å². The maximum Gasteiger partial charge on any atom is 0.261 e. The van der Waals surface area contributed by atoms with Gasteiger partial charge in [-0.25, -0.2) is 0 Å². The van der Waals surface area contributed by atoms with Crippen LogP contribution in [0.4, 0.5) is 0 Å². The normalized spacial score (nSPS) is 17.2. The predicted molar refractivity (Wildman–Crippen MR) is 71.0 cm³/mol. The Morgan fingerprint density at radius 3 is 2.88 bits per heavy atom. The van der Waals surface area contributed by atoms with Crippen molar-refractivity contribution in [2.24, 2.45) is 11.8 Å². The van der Waals surface area contributed by atoms with E-state index in [1.165, 1.54) is 24.2 Å². The second-order valence-corrected chi connectivity index (χ2v) is 6.96. The van der Waals surface area contributed by atoms with Crippen molar-refractivity contribution < 1.29 is 4.79 Å². The molecule has 1 atom stereocenters. The number of nitrogens with one attached hydrogen (secondary N) is 1. The summed E-state index contributed by atoms with van der Waals surface area (Å²) >= 11 is 4.94. The molecular formula is C12H16BrNOS. The minimum Gasteiger partial charge on any atom is -0.351 e. The van der Waals surface area contributed by atoms with E-state index in [0.29, 0.717) is 5.92 Å². The monoisotopic (exact) mass is 301 g/mol. The minimum atomic E-state index is 0.0614. The molecule has 1 amide bonds. The number of carbonyl (C=O) groups is 1. The van der Waals surface area contributed by atoms with E-state index in [-0.39, 0.29) is 5.91 Å². The molecule has 1 heterocycles. The van der Waals surface area contributed by atoms with Crippen molar-refractivity contribution in [3.05, 3.63) is 20.3 Å². The molecule has 16 heavy (non-hydrogen) atoms. The Morgan fingerprint density at radius 2 is 2.38 bits per heavy atom. The van der Waals surface area contributed by atoms with Crippen molar-refractivity contribution in [1.29, 1.82) is 0 Å². The first-order valence-electron chi connectivity index (χ1n) is 5.62. The van der Waals surface area contributed by atoms with E-state index in [1.807, 2.05) is 13.0 Å². The average molecular weight is 302 g/mol. The fourth-order valence-electron chi connectivity index (χ4n) is 1.74. The minimum absolute atomic E-state index is 0.0614. The highest BCUT2D eigenvalue weighted by Gasteiger charge is 2.28. The fraction of sp³-hybridized carbons (Fsp3) is 0.583. The zero-order valence-corrected chi connectivity index (χ0v) is 12.0. The number of thiophene rings is 1. The summed E-state index contributed by atoms with van der Waals surface area (Å²) in [6.45, 7) is 5.02. The van der Waals surface area contributed by atoms with E-state index in [2.05, 4.69) is 28.2 Å². The topological polar surface area (TPSA) is 29.1 Å². The molecule has 0 spiro atoms. The first kappa shape index (κ1) is 12.1. The highest BCUT2D eigenvalue weighted by molar-refractivity contribution is 9.11. The van der Waals surface area contributed by atoms with Crippen molar-refractivity contribution in [2.45, 2.75) is 26.7 Å². The van der Waals surface area contributed by atoms with Gasteiger partial charge in [0.15, 0.2) is 0 Å². The average Bonchev–Trinajstić information content (AvgIpc) is 3.03. The Hall–Kier alpha value is -0.350. The summed E-state index contributed by atoms with van der Waals surface area (Å²) in [7, 11) is 0. The van der Waals surface area contributed by atoms with Crippen molar-refractivity contribution >= 4 is 33.2 Å². The molecule has 1 aromatic heterocycles.